The summed E-state index contributed by atoms with van der Waals surface area (Å²) >= 11 is 0. The summed E-state index contributed by atoms with van der Waals surface area (Å²) in [6.07, 6.45) is 4.50. The largest absolute Gasteiger partial charge is 0.468 e. The van der Waals surface area contributed by atoms with Crippen molar-refractivity contribution >= 4 is 5.91 Å². The molecule has 0 unspecified atom stereocenters. The molecular weight excluding hydrogens is 364 g/mol. The van der Waals surface area contributed by atoms with E-state index in [-0.39, 0.29) is 5.91 Å². The zero-order valence-electron chi connectivity index (χ0n) is 17.3. The van der Waals surface area contributed by atoms with Crippen molar-refractivity contribution in [2.45, 2.75) is 38.4 Å². The number of furan rings is 1. The Bertz CT molecular complexity index is 960. The Kier molecular flexibility index (Phi) is 5.53. The second-order valence-electron chi connectivity index (χ2n) is 8.01. The number of carbonyl (C=O) groups excluding carboxylic acids is 1. The first-order chi connectivity index (χ1) is 14.0. The molecule has 0 aliphatic heterocycles. The predicted molar refractivity (Wildman–Crippen MR) is 112 cm³/mol. The van der Waals surface area contributed by atoms with Crippen molar-refractivity contribution in [3.05, 3.63) is 77.0 Å². The van der Waals surface area contributed by atoms with Crippen LogP contribution in [0, 0.1) is 0 Å². The molecule has 1 amide bonds. The normalized spacial score (nSPS) is 16.1. The van der Waals surface area contributed by atoms with Gasteiger partial charge in [0, 0.05) is 31.4 Å². The van der Waals surface area contributed by atoms with Crippen molar-refractivity contribution in [3.8, 4) is 0 Å². The van der Waals surface area contributed by atoms with Crippen molar-refractivity contribution in [1.82, 2.24) is 19.6 Å². The summed E-state index contributed by atoms with van der Waals surface area (Å²) in [5.74, 6) is 0.935. The van der Waals surface area contributed by atoms with E-state index in [1.165, 1.54) is 11.3 Å². The van der Waals surface area contributed by atoms with Gasteiger partial charge in [-0.1, -0.05) is 30.3 Å². The summed E-state index contributed by atoms with van der Waals surface area (Å²) in [5, 5.41) is 4.77. The van der Waals surface area contributed by atoms with Gasteiger partial charge >= 0.3 is 0 Å². The van der Waals surface area contributed by atoms with E-state index in [1.54, 1.807) is 25.3 Å². The Morgan fingerprint density at radius 2 is 1.97 bits per heavy atom. The number of amides is 1. The lowest BCUT2D eigenvalue weighted by Gasteiger charge is -2.31. The topological polar surface area (TPSA) is 54.5 Å². The van der Waals surface area contributed by atoms with E-state index < -0.39 is 0 Å². The number of likely N-dealkylation sites (N-methyl/N-ethyl adjacent to an activating group) is 1. The molecule has 1 aliphatic carbocycles. The zero-order chi connectivity index (χ0) is 20.4. The average molecular weight is 393 g/mol. The molecule has 3 aromatic rings. The molecule has 6 nitrogen and oxygen atoms in total. The van der Waals surface area contributed by atoms with Gasteiger partial charge in [-0.15, -0.1) is 0 Å². The van der Waals surface area contributed by atoms with Gasteiger partial charge in [0.2, 0.25) is 0 Å². The molecule has 6 heteroatoms. The fourth-order valence-electron chi connectivity index (χ4n) is 4.09. The summed E-state index contributed by atoms with van der Waals surface area (Å²) in [4.78, 5) is 16.8. The highest BCUT2D eigenvalue weighted by molar-refractivity contribution is 5.93. The van der Waals surface area contributed by atoms with Crippen molar-refractivity contribution < 1.29 is 9.21 Å². The third kappa shape index (κ3) is 4.12. The highest BCUT2D eigenvalue weighted by Gasteiger charge is 2.31. The highest BCUT2D eigenvalue weighted by Crippen LogP contribution is 2.29. The average Bonchev–Trinajstić information content (AvgIpc) is 3.36. The molecule has 0 radical (unpaired) electrons. The van der Waals surface area contributed by atoms with E-state index in [0.717, 1.165) is 37.1 Å². The molecule has 0 spiro atoms. The number of aromatic nitrogens is 2. The van der Waals surface area contributed by atoms with Gasteiger partial charge in [0.25, 0.3) is 5.91 Å². The van der Waals surface area contributed by atoms with Gasteiger partial charge < -0.3 is 9.32 Å². The number of carbonyl (C=O) groups is 1. The molecule has 1 aromatic carbocycles. The van der Waals surface area contributed by atoms with Gasteiger partial charge in [0.15, 0.2) is 5.69 Å². The number of hydrogen-bond acceptors (Lipinski definition) is 4. The molecule has 0 N–H and O–H groups in total. The summed E-state index contributed by atoms with van der Waals surface area (Å²) < 4.78 is 7.54. The van der Waals surface area contributed by atoms with Crippen LogP contribution in [0.1, 0.15) is 39.5 Å². The molecule has 4 rings (SSSR count). The Balaban J connectivity index is 1.61. The number of hydrogen-bond donors (Lipinski definition) is 0. The maximum Gasteiger partial charge on any atom is 0.274 e. The molecule has 0 saturated heterocycles. The van der Waals surface area contributed by atoms with E-state index in [4.69, 9.17) is 9.52 Å². The van der Waals surface area contributed by atoms with Crippen molar-refractivity contribution in [2.75, 3.05) is 21.1 Å². The number of rotatable bonds is 6. The summed E-state index contributed by atoms with van der Waals surface area (Å²) in [5.41, 5.74) is 4.08. The Morgan fingerprint density at radius 1 is 1.17 bits per heavy atom. The van der Waals surface area contributed by atoms with Crippen LogP contribution in [0.4, 0.5) is 0 Å². The van der Waals surface area contributed by atoms with Gasteiger partial charge in [-0.25, -0.2) is 0 Å². The van der Waals surface area contributed by atoms with Gasteiger partial charge in [-0.05, 0) is 44.0 Å². The zero-order valence-corrected chi connectivity index (χ0v) is 17.3. The lowest BCUT2D eigenvalue weighted by Crippen LogP contribution is -2.37. The van der Waals surface area contributed by atoms with Crippen molar-refractivity contribution in [3.63, 3.8) is 0 Å². The van der Waals surface area contributed by atoms with E-state index in [0.29, 0.717) is 18.3 Å². The van der Waals surface area contributed by atoms with Crippen LogP contribution in [-0.2, 0) is 25.9 Å². The van der Waals surface area contributed by atoms with E-state index in [9.17, 15) is 4.79 Å². The monoisotopic (exact) mass is 392 g/mol. The third-order valence-electron chi connectivity index (χ3n) is 5.71. The van der Waals surface area contributed by atoms with Crippen LogP contribution in [-0.4, -0.2) is 52.7 Å². The smallest absolute Gasteiger partial charge is 0.274 e. The predicted octanol–water partition coefficient (Wildman–Crippen LogP) is 3.22. The van der Waals surface area contributed by atoms with Gasteiger partial charge in [-0.2, -0.15) is 5.10 Å². The first kappa shape index (κ1) is 19.5. The van der Waals surface area contributed by atoms with Crippen LogP contribution in [0.2, 0.25) is 0 Å². The number of fused-ring (bicyclic) bond motifs is 1. The second kappa shape index (κ2) is 8.25. The summed E-state index contributed by atoms with van der Waals surface area (Å²) in [6.45, 7) is 1.46. The first-order valence-corrected chi connectivity index (χ1v) is 10.1. The van der Waals surface area contributed by atoms with Crippen LogP contribution in [0.25, 0.3) is 0 Å². The molecule has 0 fully saturated rings. The first-order valence-electron chi connectivity index (χ1n) is 10.1. The number of benzene rings is 1. The van der Waals surface area contributed by atoms with Gasteiger partial charge in [0.05, 0.1) is 19.4 Å². The summed E-state index contributed by atoms with van der Waals surface area (Å²) in [7, 11) is 5.70. The Hall–Kier alpha value is -2.86. The molecule has 152 valence electrons. The molecular formula is C23H28N4O2. The molecule has 29 heavy (non-hydrogen) atoms. The second-order valence-corrected chi connectivity index (χ2v) is 8.01. The van der Waals surface area contributed by atoms with Gasteiger partial charge in [-0.3, -0.25) is 14.4 Å². The highest BCUT2D eigenvalue weighted by atomic mass is 16.3. The minimum absolute atomic E-state index is 0.0256. The fourth-order valence-corrected chi connectivity index (χ4v) is 4.09. The van der Waals surface area contributed by atoms with Crippen molar-refractivity contribution in [1.29, 1.82) is 0 Å². The maximum atomic E-state index is 12.8. The minimum atomic E-state index is -0.0256. The SMILES string of the molecule is CN(C)C(=O)c1nn(Cc2ccccc2)c2c1C[C@@H](N(C)Cc1ccco1)CC2. The van der Waals surface area contributed by atoms with Crippen molar-refractivity contribution in [2.24, 2.45) is 0 Å². The Labute approximate surface area is 171 Å². The van der Waals surface area contributed by atoms with Gasteiger partial charge in [0.1, 0.15) is 5.76 Å². The van der Waals surface area contributed by atoms with Crippen LogP contribution < -0.4 is 0 Å². The lowest BCUT2D eigenvalue weighted by atomic mass is 9.90. The molecule has 2 heterocycles. The third-order valence-corrected chi connectivity index (χ3v) is 5.71. The standard InChI is InChI=1S/C23H28N4O2/c1-25(2)23(28)22-20-14-18(26(3)16-19-10-7-13-29-19)11-12-21(20)27(24-22)15-17-8-5-4-6-9-17/h4-10,13,18H,11-12,14-16H2,1-3H3/t18-/m0/s1. The van der Waals surface area contributed by atoms with Crippen LogP contribution >= 0.6 is 0 Å². The molecule has 2 aromatic heterocycles. The molecule has 0 bridgehead atoms. The summed E-state index contributed by atoms with van der Waals surface area (Å²) in [6, 6.07) is 14.6. The van der Waals surface area contributed by atoms with Crippen LogP contribution in [0.3, 0.4) is 0 Å². The van der Waals surface area contributed by atoms with Crippen LogP contribution in [0.15, 0.2) is 53.1 Å². The number of nitrogens with zero attached hydrogens (tertiary/aromatic N) is 4. The van der Waals surface area contributed by atoms with Crippen LogP contribution in [0.5, 0.6) is 0 Å². The molecule has 1 atom stereocenters. The fraction of sp³-hybridized carbons (Fsp3) is 0.391. The van der Waals surface area contributed by atoms with E-state index in [2.05, 4.69) is 24.1 Å². The minimum Gasteiger partial charge on any atom is -0.468 e. The van der Waals surface area contributed by atoms with E-state index >= 15 is 0 Å². The molecule has 0 saturated carbocycles. The maximum absolute atomic E-state index is 12.8. The Morgan fingerprint density at radius 3 is 2.66 bits per heavy atom. The quantitative estimate of drug-likeness (QED) is 0.646. The molecule has 1 aliphatic rings. The lowest BCUT2D eigenvalue weighted by molar-refractivity contribution is 0.0819. The van der Waals surface area contributed by atoms with E-state index in [1.807, 2.05) is 35.0 Å².